The zero-order valence-electron chi connectivity index (χ0n) is 11.1. The molecule has 21 heavy (non-hydrogen) atoms. The molecule has 0 radical (unpaired) electrons. The standard InChI is InChI=1S/C14H14N2O4S/c15-16-14(17)9-5-10(20-7-9)8-21-11-1-2-12-13(6-11)19-4-3-18-12/h1-2,5-7H,3-4,8,15H2,(H,16,17). The summed E-state index contributed by atoms with van der Waals surface area (Å²) in [6.45, 7) is 1.15. The second-order valence-corrected chi connectivity index (χ2v) is 5.42. The van der Waals surface area contributed by atoms with Gasteiger partial charge in [-0.2, -0.15) is 0 Å². The number of amides is 1. The van der Waals surface area contributed by atoms with Gasteiger partial charge in [0.05, 0.1) is 11.3 Å². The highest BCUT2D eigenvalue weighted by molar-refractivity contribution is 7.98. The van der Waals surface area contributed by atoms with Gasteiger partial charge in [0.25, 0.3) is 5.91 Å². The molecule has 0 spiro atoms. The zero-order chi connectivity index (χ0) is 14.7. The van der Waals surface area contributed by atoms with Crippen molar-refractivity contribution < 1.29 is 18.7 Å². The molecule has 110 valence electrons. The predicted octanol–water partition coefficient (Wildman–Crippen LogP) is 1.95. The van der Waals surface area contributed by atoms with E-state index in [9.17, 15) is 4.79 Å². The first kappa shape index (κ1) is 13.8. The molecule has 6 nitrogen and oxygen atoms in total. The average molecular weight is 306 g/mol. The first-order valence-corrected chi connectivity index (χ1v) is 7.35. The Hall–Kier alpha value is -2.12. The molecule has 7 heteroatoms. The van der Waals surface area contributed by atoms with Crippen molar-refractivity contribution in [3.05, 3.63) is 41.9 Å². The van der Waals surface area contributed by atoms with Crippen LogP contribution in [0.3, 0.4) is 0 Å². The molecule has 2 heterocycles. The Labute approximate surface area is 125 Å². The highest BCUT2D eigenvalue weighted by Gasteiger charge is 2.13. The quantitative estimate of drug-likeness (QED) is 0.388. The summed E-state index contributed by atoms with van der Waals surface area (Å²) in [4.78, 5) is 12.4. The van der Waals surface area contributed by atoms with E-state index in [1.165, 1.54) is 6.26 Å². The van der Waals surface area contributed by atoms with Crippen LogP contribution in [0.25, 0.3) is 0 Å². The predicted molar refractivity (Wildman–Crippen MR) is 77.4 cm³/mol. The summed E-state index contributed by atoms with van der Waals surface area (Å²) in [5.74, 6) is 7.54. The lowest BCUT2D eigenvalue weighted by atomic mass is 10.3. The summed E-state index contributed by atoms with van der Waals surface area (Å²) in [6, 6.07) is 7.48. The third-order valence-corrected chi connectivity index (χ3v) is 3.96. The number of hydrazine groups is 1. The van der Waals surface area contributed by atoms with Gasteiger partial charge in [0, 0.05) is 4.90 Å². The normalized spacial score (nSPS) is 13.0. The monoisotopic (exact) mass is 306 g/mol. The molecule has 1 aliphatic heterocycles. The van der Waals surface area contributed by atoms with Gasteiger partial charge in [-0.1, -0.05) is 0 Å². The van der Waals surface area contributed by atoms with Crippen LogP contribution < -0.4 is 20.7 Å². The van der Waals surface area contributed by atoms with Crippen molar-refractivity contribution in [3.8, 4) is 11.5 Å². The molecule has 1 aromatic carbocycles. The lowest BCUT2D eigenvalue weighted by Gasteiger charge is -2.18. The van der Waals surface area contributed by atoms with Crippen molar-refractivity contribution in [2.45, 2.75) is 10.6 Å². The van der Waals surface area contributed by atoms with Gasteiger partial charge < -0.3 is 13.9 Å². The highest BCUT2D eigenvalue weighted by atomic mass is 32.2. The van der Waals surface area contributed by atoms with Crippen molar-refractivity contribution in [2.24, 2.45) is 5.84 Å². The number of benzene rings is 1. The molecule has 0 aliphatic carbocycles. The fourth-order valence-corrected chi connectivity index (χ4v) is 2.74. The third kappa shape index (κ3) is 3.14. The van der Waals surface area contributed by atoms with Gasteiger partial charge in [-0.25, -0.2) is 5.84 Å². The van der Waals surface area contributed by atoms with Crippen LogP contribution in [-0.2, 0) is 5.75 Å². The molecule has 0 bridgehead atoms. The number of hydrogen-bond donors (Lipinski definition) is 2. The molecular formula is C14H14N2O4S. The number of carbonyl (C=O) groups excluding carboxylic acids is 1. The van der Waals surface area contributed by atoms with Gasteiger partial charge >= 0.3 is 0 Å². The van der Waals surface area contributed by atoms with Crippen molar-refractivity contribution in [3.63, 3.8) is 0 Å². The van der Waals surface area contributed by atoms with Crippen LogP contribution in [-0.4, -0.2) is 19.1 Å². The lowest BCUT2D eigenvalue weighted by Crippen LogP contribution is -2.29. The summed E-state index contributed by atoms with van der Waals surface area (Å²) >= 11 is 1.59. The Kier molecular flexibility index (Phi) is 4.03. The fraction of sp³-hybridized carbons (Fsp3) is 0.214. The van der Waals surface area contributed by atoms with E-state index in [4.69, 9.17) is 19.7 Å². The second kappa shape index (κ2) is 6.11. The van der Waals surface area contributed by atoms with E-state index in [1.807, 2.05) is 18.2 Å². The minimum Gasteiger partial charge on any atom is -0.486 e. The van der Waals surface area contributed by atoms with Gasteiger partial charge in [0.1, 0.15) is 25.2 Å². The maximum atomic E-state index is 11.3. The highest BCUT2D eigenvalue weighted by Crippen LogP contribution is 2.35. The first-order chi connectivity index (χ1) is 10.3. The number of furan rings is 1. The van der Waals surface area contributed by atoms with Crippen molar-refractivity contribution in [1.82, 2.24) is 5.43 Å². The molecular weight excluding hydrogens is 292 g/mol. The van der Waals surface area contributed by atoms with Crippen LogP contribution in [0.5, 0.6) is 11.5 Å². The molecule has 0 saturated heterocycles. The smallest absolute Gasteiger partial charge is 0.268 e. The summed E-state index contributed by atoms with van der Waals surface area (Å²) in [5.41, 5.74) is 2.48. The van der Waals surface area contributed by atoms with Crippen LogP contribution in [0, 0.1) is 0 Å². The number of thioether (sulfide) groups is 1. The lowest BCUT2D eigenvalue weighted by molar-refractivity contribution is 0.0953. The SMILES string of the molecule is NNC(=O)c1coc(CSc2ccc3c(c2)OCCO3)c1. The minimum atomic E-state index is -0.366. The maximum absolute atomic E-state index is 11.3. The van der Waals surface area contributed by atoms with Gasteiger partial charge in [0.2, 0.25) is 0 Å². The Morgan fingerprint density at radius 2 is 2.05 bits per heavy atom. The topological polar surface area (TPSA) is 86.7 Å². The molecule has 3 rings (SSSR count). The van der Waals surface area contributed by atoms with Gasteiger partial charge in [-0.05, 0) is 24.3 Å². The number of rotatable bonds is 4. The van der Waals surface area contributed by atoms with E-state index in [1.54, 1.807) is 17.8 Å². The zero-order valence-corrected chi connectivity index (χ0v) is 11.9. The Morgan fingerprint density at radius 1 is 1.24 bits per heavy atom. The van der Waals surface area contributed by atoms with Crippen LogP contribution in [0.4, 0.5) is 0 Å². The number of nitrogens with one attached hydrogen (secondary N) is 1. The van der Waals surface area contributed by atoms with Gasteiger partial charge in [-0.3, -0.25) is 10.2 Å². The van der Waals surface area contributed by atoms with Crippen LogP contribution in [0.1, 0.15) is 16.1 Å². The molecule has 0 unspecified atom stereocenters. The summed E-state index contributed by atoms with van der Waals surface area (Å²) < 4.78 is 16.3. The largest absolute Gasteiger partial charge is 0.486 e. The van der Waals surface area contributed by atoms with Gasteiger partial charge in [-0.15, -0.1) is 11.8 Å². The first-order valence-electron chi connectivity index (χ1n) is 6.37. The van der Waals surface area contributed by atoms with E-state index in [-0.39, 0.29) is 5.91 Å². The number of nitrogens with two attached hydrogens (primary N) is 1. The second-order valence-electron chi connectivity index (χ2n) is 4.37. The van der Waals surface area contributed by atoms with E-state index >= 15 is 0 Å². The number of fused-ring (bicyclic) bond motifs is 1. The van der Waals surface area contributed by atoms with E-state index in [0.717, 1.165) is 16.4 Å². The van der Waals surface area contributed by atoms with Crippen molar-refractivity contribution in [2.75, 3.05) is 13.2 Å². The average Bonchev–Trinajstić information content (AvgIpc) is 3.01. The molecule has 0 atom stereocenters. The molecule has 1 aliphatic rings. The van der Waals surface area contributed by atoms with E-state index < -0.39 is 0 Å². The number of ether oxygens (including phenoxy) is 2. The number of hydrogen-bond acceptors (Lipinski definition) is 6. The number of carbonyl (C=O) groups is 1. The molecule has 1 aromatic heterocycles. The van der Waals surface area contributed by atoms with E-state index in [2.05, 4.69) is 5.43 Å². The summed E-state index contributed by atoms with van der Waals surface area (Å²) in [5, 5.41) is 0. The molecule has 0 saturated carbocycles. The molecule has 2 aromatic rings. The Morgan fingerprint density at radius 3 is 2.86 bits per heavy atom. The number of nitrogen functional groups attached to an aromatic ring is 1. The van der Waals surface area contributed by atoms with E-state index in [0.29, 0.717) is 30.3 Å². The van der Waals surface area contributed by atoms with Crippen LogP contribution in [0.15, 0.2) is 39.8 Å². The Balaban J connectivity index is 1.65. The molecule has 0 fully saturated rings. The fourth-order valence-electron chi connectivity index (χ4n) is 1.93. The summed E-state index contributed by atoms with van der Waals surface area (Å²) in [7, 11) is 0. The minimum absolute atomic E-state index is 0.366. The van der Waals surface area contributed by atoms with Crippen molar-refractivity contribution in [1.29, 1.82) is 0 Å². The Bertz CT molecular complexity index is 656. The molecule has 3 N–H and O–H groups in total. The van der Waals surface area contributed by atoms with Gasteiger partial charge in [0.15, 0.2) is 11.5 Å². The van der Waals surface area contributed by atoms with Crippen molar-refractivity contribution >= 4 is 17.7 Å². The van der Waals surface area contributed by atoms with Crippen LogP contribution >= 0.6 is 11.8 Å². The third-order valence-electron chi connectivity index (χ3n) is 2.94. The summed E-state index contributed by atoms with van der Waals surface area (Å²) in [6.07, 6.45) is 1.39. The molecule has 1 amide bonds. The maximum Gasteiger partial charge on any atom is 0.268 e. The van der Waals surface area contributed by atoms with Crippen LogP contribution in [0.2, 0.25) is 0 Å².